The Morgan fingerprint density at radius 3 is 2.41 bits per heavy atom. The van der Waals surface area contributed by atoms with Crippen molar-refractivity contribution in [2.45, 2.75) is 20.0 Å². The van der Waals surface area contributed by atoms with Crippen LogP contribution in [0.2, 0.25) is 0 Å². The van der Waals surface area contributed by atoms with Gasteiger partial charge in [0.15, 0.2) is 11.5 Å². The van der Waals surface area contributed by atoms with E-state index in [-0.39, 0.29) is 5.69 Å². The number of anilines is 1. The quantitative estimate of drug-likeness (QED) is 0.677. The van der Waals surface area contributed by atoms with Crippen molar-refractivity contribution >= 4 is 17.7 Å². The maximum absolute atomic E-state index is 12.7. The van der Waals surface area contributed by atoms with Crippen LogP contribution in [0.15, 0.2) is 48.5 Å². The monoisotopic (exact) mass is 379 g/mol. The van der Waals surface area contributed by atoms with Gasteiger partial charge in [-0.2, -0.15) is 13.2 Å². The summed E-state index contributed by atoms with van der Waals surface area (Å²) in [6.45, 7) is 4.67. The van der Waals surface area contributed by atoms with E-state index in [2.05, 4.69) is 5.32 Å². The number of carbonyl (C=O) groups is 1. The molecule has 0 heterocycles. The highest BCUT2D eigenvalue weighted by molar-refractivity contribution is 6.02. The van der Waals surface area contributed by atoms with Crippen LogP contribution in [-0.2, 0) is 11.0 Å². The Hall–Kier alpha value is -2.96. The fourth-order valence-corrected chi connectivity index (χ4v) is 2.30. The smallest absolute Gasteiger partial charge is 0.416 e. The molecule has 0 aliphatic heterocycles. The van der Waals surface area contributed by atoms with Crippen LogP contribution >= 0.6 is 0 Å². The third-order valence-electron chi connectivity index (χ3n) is 3.45. The van der Waals surface area contributed by atoms with Crippen molar-refractivity contribution in [3.8, 4) is 11.5 Å². The molecule has 0 bridgehead atoms. The Morgan fingerprint density at radius 1 is 1.04 bits per heavy atom. The number of carbonyl (C=O) groups excluding carboxylic acids is 1. The van der Waals surface area contributed by atoms with E-state index < -0.39 is 17.6 Å². The number of benzene rings is 2. The summed E-state index contributed by atoms with van der Waals surface area (Å²) in [4.78, 5) is 12.0. The molecule has 0 saturated heterocycles. The van der Waals surface area contributed by atoms with E-state index in [0.717, 1.165) is 12.1 Å². The van der Waals surface area contributed by atoms with Gasteiger partial charge in [0.25, 0.3) is 0 Å². The first kappa shape index (κ1) is 20.4. The molecule has 0 saturated carbocycles. The molecule has 2 aromatic rings. The second-order valence-electron chi connectivity index (χ2n) is 5.47. The van der Waals surface area contributed by atoms with Crippen molar-refractivity contribution in [1.82, 2.24) is 0 Å². The van der Waals surface area contributed by atoms with Crippen LogP contribution in [0, 0.1) is 0 Å². The number of hydrogen-bond donors (Lipinski definition) is 1. The Bertz CT molecular complexity index is 816. The van der Waals surface area contributed by atoms with Crippen molar-refractivity contribution in [3.63, 3.8) is 0 Å². The van der Waals surface area contributed by atoms with Crippen molar-refractivity contribution in [1.29, 1.82) is 0 Å². The number of hydrogen-bond acceptors (Lipinski definition) is 3. The first-order chi connectivity index (χ1) is 12.8. The molecule has 0 aliphatic carbocycles. The van der Waals surface area contributed by atoms with Gasteiger partial charge < -0.3 is 14.8 Å². The minimum atomic E-state index is -4.46. The minimum absolute atomic E-state index is 0.0705. The molecule has 144 valence electrons. The Labute approximate surface area is 155 Å². The highest BCUT2D eigenvalue weighted by atomic mass is 19.4. The summed E-state index contributed by atoms with van der Waals surface area (Å²) in [5.74, 6) is 0.617. The molecule has 27 heavy (non-hydrogen) atoms. The lowest BCUT2D eigenvalue weighted by atomic mass is 10.1. The minimum Gasteiger partial charge on any atom is -0.490 e. The fourth-order valence-electron chi connectivity index (χ4n) is 2.30. The van der Waals surface area contributed by atoms with Crippen molar-refractivity contribution in [2.75, 3.05) is 18.5 Å². The lowest BCUT2D eigenvalue weighted by molar-refractivity contribution is -0.137. The highest BCUT2D eigenvalue weighted by Crippen LogP contribution is 2.31. The summed E-state index contributed by atoms with van der Waals surface area (Å²) in [5, 5.41) is 2.41. The zero-order chi connectivity index (χ0) is 19.9. The molecule has 0 atom stereocenters. The topological polar surface area (TPSA) is 47.6 Å². The van der Waals surface area contributed by atoms with E-state index in [1.165, 1.54) is 18.2 Å². The second-order valence-corrected chi connectivity index (χ2v) is 5.47. The van der Waals surface area contributed by atoms with E-state index in [4.69, 9.17) is 9.47 Å². The average molecular weight is 379 g/mol. The van der Waals surface area contributed by atoms with E-state index in [1.807, 2.05) is 13.8 Å². The molecular formula is C20H20F3NO3. The predicted octanol–water partition coefficient (Wildman–Crippen LogP) is 5.15. The molecule has 7 heteroatoms. The van der Waals surface area contributed by atoms with Gasteiger partial charge in [-0.3, -0.25) is 4.79 Å². The lowest BCUT2D eigenvalue weighted by Crippen LogP contribution is -2.10. The SMILES string of the molecule is CCOc1ccc(/C=C/C(=O)Nc2cccc(C(F)(F)F)c2)cc1OCC. The van der Waals surface area contributed by atoms with Gasteiger partial charge in [-0.25, -0.2) is 0 Å². The number of alkyl halides is 3. The van der Waals surface area contributed by atoms with Crippen LogP contribution in [0.25, 0.3) is 6.08 Å². The normalized spacial score (nSPS) is 11.4. The van der Waals surface area contributed by atoms with Gasteiger partial charge in [0.2, 0.25) is 5.91 Å². The average Bonchev–Trinajstić information content (AvgIpc) is 2.62. The second kappa shape index (κ2) is 9.12. The van der Waals surface area contributed by atoms with Crippen LogP contribution in [-0.4, -0.2) is 19.1 Å². The lowest BCUT2D eigenvalue weighted by Gasteiger charge is -2.11. The molecule has 0 radical (unpaired) electrons. The standard InChI is InChI=1S/C20H20F3NO3/c1-3-26-17-10-8-14(12-18(17)27-4-2)9-11-19(25)24-16-7-5-6-15(13-16)20(21,22)23/h5-13H,3-4H2,1-2H3,(H,24,25)/b11-9+. The Balaban J connectivity index is 2.09. The summed E-state index contributed by atoms with van der Waals surface area (Å²) in [5.41, 5.74) is -0.0561. The first-order valence-electron chi connectivity index (χ1n) is 8.39. The van der Waals surface area contributed by atoms with Crippen LogP contribution in [0.1, 0.15) is 25.0 Å². The van der Waals surface area contributed by atoms with E-state index in [9.17, 15) is 18.0 Å². The maximum atomic E-state index is 12.7. The number of halogens is 3. The number of nitrogens with one attached hydrogen (secondary N) is 1. The van der Waals surface area contributed by atoms with Crippen LogP contribution in [0.3, 0.4) is 0 Å². The predicted molar refractivity (Wildman–Crippen MR) is 97.9 cm³/mol. The highest BCUT2D eigenvalue weighted by Gasteiger charge is 2.30. The van der Waals surface area contributed by atoms with Gasteiger partial charge in [0, 0.05) is 11.8 Å². The van der Waals surface area contributed by atoms with Gasteiger partial charge in [-0.05, 0) is 55.8 Å². The van der Waals surface area contributed by atoms with Crippen molar-refractivity contribution in [2.24, 2.45) is 0 Å². The molecule has 1 N–H and O–H groups in total. The van der Waals surface area contributed by atoms with E-state index >= 15 is 0 Å². The zero-order valence-electron chi connectivity index (χ0n) is 15.0. The number of amides is 1. The maximum Gasteiger partial charge on any atom is 0.416 e. The summed E-state index contributed by atoms with van der Waals surface area (Å²) in [6.07, 6.45) is -1.68. The molecule has 0 aromatic heterocycles. The molecule has 2 aromatic carbocycles. The van der Waals surface area contributed by atoms with Crippen LogP contribution < -0.4 is 14.8 Å². The van der Waals surface area contributed by atoms with Crippen LogP contribution in [0.5, 0.6) is 11.5 Å². The zero-order valence-corrected chi connectivity index (χ0v) is 15.0. The fraction of sp³-hybridized carbons (Fsp3) is 0.250. The summed E-state index contributed by atoms with van der Waals surface area (Å²) >= 11 is 0. The van der Waals surface area contributed by atoms with Crippen molar-refractivity contribution < 1.29 is 27.4 Å². The first-order valence-corrected chi connectivity index (χ1v) is 8.39. The van der Waals surface area contributed by atoms with E-state index in [0.29, 0.717) is 30.3 Å². The van der Waals surface area contributed by atoms with E-state index in [1.54, 1.807) is 24.3 Å². The molecule has 0 spiro atoms. The molecular weight excluding hydrogens is 359 g/mol. The molecule has 2 rings (SSSR count). The van der Waals surface area contributed by atoms with Gasteiger partial charge in [0.1, 0.15) is 0 Å². The third kappa shape index (κ3) is 6.06. The third-order valence-corrected chi connectivity index (χ3v) is 3.45. The van der Waals surface area contributed by atoms with Gasteiger partial charge in [-0.15, -0.1) is 0 Å². The Morgan fingerprint density at radius 2 is 1.74 bits per heavy atom. The summed E-state index contributed by atoms with van der Waals surface area (Å²) in [7, 11) is 0. The van der Waals surface area contributed by atoms with Gasteiger partial charge in [-0.1, -0.05) is 12.1 Å². The summed E-state index contributed by atoms with van der Waals surface area (Å²) in [6, 6.07) is 9.67. The molecule has 4 nitrogen and oxygen atoms in total. The van der Waals surface area contributed by atoms with Crippen LogP contribution in [0.4, 0.5) is 18.9 Å². The molecule has 0 aliphatic rings. The number of rotatable bonds is 7. The molecule has 0 fully saturated rings. The largest absolute Gasteiger partial charge is 0.490 e. The summed E-state index contributed by atoms with van der Waals surface area (Å²) < 4.78 is 49.1. The van der Waals surface area contributed by atoms with Crippen molar-refractivity contribution in [3.05, 3.63) is 59.7 Å². The van der Waals surface area contributed by atoms with Gasteiger partial charge >= 0.3 is 6.18 Å². The Kier molecular flexibility index (Phi) is 6.87. The van der Waals surface area contributed by atoms with Gasteiger partial charge in [0.05, 0.1) is 18.8 Å². The molecule has 1 amide bonds. The number of ether oxygens (including phenoxy) is 2. The molecule has 0 unspecified atom stereocenters.